The molecule has 5 unspecified atom stereocenters. The van der Waals surface area contributed by atoms with Crippen LogP contribution in [0.5, 0.6) is 0 Å². The molecule has 5 atom stereocenters. The molecule has 0 aliphatic carbocycles. The van der Waals surface area contributed by atoms with E-state index in [0.717, 1.165) is 17.3 Å². The van der Waals surface area contributed by atoms with Gasteiger partial charge in [-0.05, 0) is 19.3 Å². The van der Waals surface area contributed by atoms with Crippen molar-refractivity contribution in [2.24, 2.45) is 0 Å². The Morgan fingerprint density at radius 3 is 3.16 bits per heavy atom. The SMILES string of the molecule is [2H]OC1C(COC([2H])[3H])OC(n2cc(CCCCCC=O)c(=O)[nH]c2=O)C1F. The first-order valence-electron chi connectivity index (χ1n) is 9.61. The third-order valence-corrected chi connectivity index (χ3v) is 4.11. The number of unbranched alkanes of at least 4 members (excludes halogenated alkanes) is 3. The fraction of sp³-hybridized carbons (Fsp3) is 0.688. The number of ether oxygens (including phenoxy) is 2. The van der Waals surface area contributed by atoms with Crippen LogP contribution in [-0.4, -0.2) is 54.4 Å². The fourth-order valence-electron chi connectivity index (χ4n) is 2.76. The summed E-state index contributed by atoms with van der Waals surface area (Å²) in [5.74, 6) is 0. The molecule has 9 heteroatoms. The van der Waals surface area contributed by atoms with Crippen LogP contribution in [0, 0.1) is 0 Å². The minimum atomic E-state index is -1.90. The minimum absolute atomic E-state index is 0.266. The maximum atomic E-state index is 14.7. The van der Waals surface area contributed by atoms with Crippen LogP contribution in [0.1, 0.15) is 40.2 Å². The fourth-order valence-corrected chi connectivity index (χ4v) is 2.76. The second kappa shape index (κ2) is 9.02. The molecule has 0 aromatic carbocycles. The summed E-state index contributed by atoms with van der Waals surface area (Å²) in [6.07, 6.45) is -0.982. The van der Waals surface area contributed by atoms with Crippen molar-refractivity contribution in [3.05, 3.63) is 32.6 Å². The molecule has 2 rings (SSSR count). The largest absolute Gasteiger partial charge is 0.387 e. The zero-order valence-corrected chi connectivity index (χ0v) is 13.6. The molecule has 0 radical (unpaired) electrons. The summed E-state index contributed by atoms with van der Waals surface area (Å²) in [5.41, 5.74) is -1.18. The maximum absolute atomic E-state index is 14.7. The number of aryl methyl sites for hydroxylation is 1. The molecule has 1 saturated heterocycles. The summed E-state index contributed by atoms with van der Waals surface area (Å²) in [7, 11) is -1.62. The molecule has 1 aromatic rings. The van der Waals surface area contributed by atoms with Crippen molar-refractivity contribution in [2.45, 2.75) is 56.7 Å². The lowest BCUT2D eigenvalue weighted by Crippen LogP contribution is -2.37. The molecule has 0 spiro atoms. The summed E-state index contributed by atoms with van der Waals surface area (Å²) in [6, 6.07) is 0. The number of aldehydes is 1. The molecule has 25 heavy (non-hydrogen) atoms. The number of hydrogen-bond donors (Lipinski definition) is 2. The molecular formula is C16H23FN2O6. The van der Waals surface area contributed by atoms with Crippen molar-refractivity contribution in [2.75, 3.05) is 13.7 Å². The number of aromatic amines is 1. The molecule has 2 heterocycles. The van der Waals surface area contributed by atoms with E-state index in [2.05, 4.69) is 10.1 Å². The lowest BCUT2D eigenvalue weighted by molar-refractivity contribution is -0.107. The highest BCUT2D eigenvalue weighted by atomic mass is 19.1. The summed E-state index contributed by atoms with van der Waals surface area (Å²) in [4.78, 5) is 36.6. The van der Waals surface area contributed by atoms with Crippen LogP contribution < -0.4 is 11.2 Å². The highest BCUT2D eigenvalue weighted by Gasteiger charge is 2.45. The quantitative estimate of drug-likeness (QED) is 0.451. The van der Waals surface area contributed by atoms with Crippen LogP contribution in [0.25, 0.3) is 0 Å². The zero-order valence-electron chi connectivity index (χ0n) is 16.6. The number of carbonyl (C=O) groups is 1. The minimum Gasteiger partial charge on any atom is -0.387 e. The van der Waals surface area contributed by atoms with Gasteiger partial charge in [-0.1, -0.05) is 6.42 Å². The second-order valence-corrected chi connectivity index (χ2v) is 5.89. The number of halogens is 1. The van der Waals surface area contributed by atoms with Crippen molar-refractivity contribution >= 4 is 6.29 Å². The average molecular weight is 362 g/mol. The van der Waals surface area contributed by atoms with E-state index in [1.807, 2.05) is 0 Å². The van der Waals surface area contributed by atoms with Gasteiger partial charge in [-0.25, -0.2) is 9.18 Å². The highest BCUT2D eigenvalue weighted by Crippen LogP contribution is 2.31. The average Bonchev–Trinajstić information content (AvgIpc) is 2.96. The van der Waals surface area contributed by atoms with Crippen LogP contribution in [-0.2, 0) is 20.7 Å². The molecule has 1 aliphatic heterocycles. The van der Waals surface area contributed by atoms with Crippen LogP contribution in [0.15, 0.2) is 15.8 Å². The van der Waals surface area contributed by atoms with Crippen LogP contribution in [0.2, 0.25) is 0 Å². The third kappa shape index (κ3) is 4.62. The van der Waals surface area contributed by atoms with E-state index in [1.165, 1.54) is 6.20 Å². The molecule has 1 aliphatic rings. The van der Waals surface area contributed by atoms with E-state index in [1.54, 1.807) is 0 Å². The van der Waals surface area contributed by atoms with E-state index in [0.29, 0.717) is 25.7 Å². The number of nitrogens with one attached hydrogen (secondary N) is 1. The van der Waals surface area contributed by atoms with Crippen molar-refractivity contribution < 1.29 is 26.5 Å². The van der Waals surface area contributed by atoms with Gasteiger partial charge in [-0.3, -0.25) is 14.3 Å². The van der Waals surface area contributed by atoms with E-state index >= 15 is 0 Å². The molecular weight excluding hydrogens is 335 g/mol. The van der Waals surface area contributed by atoms with Crippen molar-refractivity contribution in [1.29, 1.82) is 1.43 Å². The number of methoxy groups -OCH3 is 1. The molecule has 2 N–H and O–H groups in total. The standard InChI is InChI=1S/C16H23FN2O6/c1-24-9-11-13(21)12(17)15(25-11)19-8-10(14(22)18-16(19)23)6-4-2-3-5-7-20/h7-8,11-13,15,21H,2-6,9H2,1H3,(H,18,22,23)/i1TD,21D. The Morgan fingerprint density at radius 1 is 1.60 bits per heavy atom. The second-order valence-electron chi connectivity index (χ2n) is 5.89. The highest BCUT2D eigenvalue weighted by molar-refractivity contribution is 5.48. The van der Waals surface area contributed by atoms with Crippen molar-refractivity contribution in [1.82, 2.24) is 9.55 Å². The molecule has 0 saturated carbocycles. The van der Waals surface area contributed by atoms with Gasteiger partial charge in [-0.2, -0.15) is 0 Å². The Labute approximate surface area is 147 Å². The lowest BCUT2D eigenvalue weighted by Gasteiger charge is -2.17. The number of hydrogen-bond acceptors (Lipinski definition) is 6. The first kappa shape index (κ1) is 15.4. The van der Waals surface area contributed by atoms with Crippen LogP contribution in [0.3, 0.4) is 0 Å². The molecule has 1 aromatic heterocycles. The van der Waals surface area contributed by atoms with Crippen LogP contribution >= 0.6 is 0 Å². The smallest absolute Gasteiger partial charge is 0.330 e. The van der Waals surface area contributed by atoms with Gasteiger partial charge in [0.15, 0.2) is 12.4 Å². The van der Waals surface area contributed by atoms with Gasteiger partial charge in [0.2, 0.25) is 1.43 Å². The number of nitrogens with zero attached hydrogens (tertiary/aromatic N) is 1. The maximum Gasteiger partial charge on any atom is 0.330 e. The Hall–Kier alpha value is -1.84. The van der Waals surface area contributed by atoms with E-state index in [9.17, 15) is 18.8 Å². The Morgan fingerprint density at radius 2 is 2.44 bits per heavy atom. The number of carbonyl (C=O) groups excluding carboxylic acids is 1. The molecule has 140 valence electrons. The predicted molar refractivity (Wildman–Crippen MR) is 86.2 cm³/mol. The van der Waals surface area contributed by atoms with Crippen molar-refractivity contribution in [3.63, 3.8) is 0 Å². The number of aliphatic hydroxyl groups is 1. The van der Waals surface area contributed by atoms with Gasteiger partial charge in [0, 0.05) is 25.2 Å². The first-order valence-corrected chi connectivity index (χ1v) is 8.04. The molecule has 0 amide bonds. The van der Waals surface area contributed by atoms with Gasteiger partial charge in [0.25, 0.3) is 5.56 Å². The topological polar surface area (TPSA) is 111 Å². The number of aromatic nitrogens is 2. The normalized spacial score (nSPS) is 28.9. The number of alkyl halides is 1. The summed E-state index contributed by atoms with van der Waals surface area (Å²) in [5, 5.41) is 4.35. The number of H-pyrrole nitrogens is 1. The van der Waals surface area contributed by atoms with Gasteiger partial charge >= 0.3 is 5.69 Å². The number of aliphatic hydroxyl groups excluding tert-OH is 1. The van der Waals surface area contributed by atoms with E-state index < -0.39 is 42.9 Å². The van der Waals surface area contributed by atoms with E-state index in [4.69, 9.17) is 13.6 Å². The van der Waals surface area contributed by atoms with Crippen LogP contribution in [0.4, 0.5) is 4.39 Å². The summed E-state index contributed by atoms with van der Waals surface area (Å²) >= 11 is 0. The molecule has 1 fully saturated rings. The Balaban J connectivity index is 2.16. The number of rotatable bonds is 10. The first-order chi connectivity index (χ1) is 13.4. The Bertz CT molecular complexity index is 759. The summed E-state index contributed by atoms with van der Waals surface area (Å²) in [6.45, 7) is -0.361. The van der Waals surface area contributed by atoms with Gasteiger partial charge < -0.3 is 19.4 Å². The van der Waals surface area contributed by atoms with E-state index in [-0.39, 0.29) is 12.2 Å². The van der Waals surface area contributed by atoms with Gasteiger partial charge in [0.1, 0.15) is 18.5 Å². The zero-order chi connectivity index (χ0) is 20.7. The van der Waals surface area contributed by atoms with Gasteiger partial charge in [0.05, 0.1) is 9.35 Å². The molecule has 8 nitrogen and oxygen atoms in total. The van der Waals surface area contributed by atoms with Crippen molar-refractivity contribution in [3.8, 4) is 0 Å². The monoisotopic (exact) mass is 362 g/mol. The summed E-state index contributed by atoms with van der Waals surface area (Å²) < 4.78 is 46.9. The lowest BCUT2D eigenvalue weighted by atomic mass is 10.1. The Kier molecular flexibility index (Phi) is 5.56. The molecule has 0 bridgehead atoms. The van der Waals surface area contributed by atoms with Gasteiger partial charge in [-0.15, -0.1) is 0 Å². The third-order valence-electron chi connectivity index (χ3n) is 4.11. The predicted octanol–water partition coefficient (Wildman–Crippen LogP) is 0.0812.